The van der Waals surface area contributed by atoms with E-state index in [0.717, 1.165) is 24.4 Å². The second-order valence-corrected chi connectivity index (χ2v) is 6.92. The van der Waals surface area contributed by atoms with E-state index >= 15 is 0 Å². The van der Waals surface area contributed by atoms with Gasteiger partial charge in [0, 0.05) is 18.8 Å². The molecule has 148 valence electrons. The molecule has 1 aliphatic heterocycles. The van der Waals surface area contributed by atoms with E-state index in [-0.39, 0.29) is 18.3 Å². The second-order valence-electron chi connectivity index (χ2n) is 6.92. The van der Waals surface area contributed by atoms with Crippen LogP contribution in [-0.2, 0) is 4.79 Å². The van der Waals surface area contributed by atoms with E-state index in [4.69, 9.17) is 4.74 Å². The van der Waals surface area contributed by atoms with Gasteiger partial charge in [0.15, 0.2) is 6.61 Å². The number of amides is 1. The maximum atomic E-state index is 12.8. The van der Waals surface area contributed by atoms with Crippen LogP contribution < -0.4 is 15.1 Å². The highest BCUT2D eigenvalue weighted by Crippen LogP contribution is 2.20. The summed E-state index contributed by atoms with van der Waals surface area (Å²) in [6, 6.07) is 13.8. The van der Waals surface area contributed by atoms with Gasteiger partial charge >= 0.3 is 0 Å². The highest BCUT2D eigenvalue weighted by Gasteiger charge is 2.10. The number of hydrazone groups is 1. The topological polar surface area (TPSA) is 53.9 Å². The number of carbonyl (C=O) groups is 1. The van der Waals surface area contributed by atoms with E-state index in [1.165, 1.54) is 55.6 Å². The summed E-state index contributed by atoms with van der Waals surface area (Å²) < 4.78 is 18.2. The third-order valence-electron chi connectivity index (χ3n) is 4.79. The van der Waals surface area contributed by atoms with Gasteiger partial charge in [0.2, 0.25) is 0 Å². The molecular formula is C22H26FN3O2. The minimum atomic E-state index is -0.370. The van der Waals surface area contributed by atoms with Crippen molar-refractivity contribution in [3.63, 3.8) is 0 Å². The number of carbonyl (C=O) groups excluding carboxylic acids is 1. The number of ether oxygens (including phenoxy) is 1. The van der Waals surface area contributed by atoms with Crippen molar-refractivity contribution in [1.82, 2.24) is 5.43 Å². The third kappa shape index (κ3) is 5.81. The first-order valence-corrected chi connectivity index (χ1v) is 9.69. The van der Waals surface area contributed by atoms with E-state index in [0.29, 0.717) is 5.75 Å². The van der Waals surface area contributed by atoms with Crippen LogP contribution in [0.25, 0.3) is 0 Å². The van der Waals surface area contributed by atoms with Crippen molar-refractivity contribution >= 4 is 17.3 Å². The smallest absolute Gasteiger partial charge is 0.277 e. The lowest BCUT2D eigenvalue weighted by molar-refractivity contribution is -0.123. The normalized spacial score (nSPS) is 15.1. The first-order valence-electron chi connectivity index (χ1n) is 9.69. The molecule has 0 spiro atoms. The SMILES string of the molecule is C/C(=N/NC(=O)COc1ccc(F)cc1)c1ccc(N2CCCCCC2)cc1. The lowest BCUT2D eigenvalue weighted by atomic mass is 10.1. The van der Waals surface area contributed by atoms with Gasteiger partial charge < -0.3 is 9.64 Å². The van der Waals surface area contributed by atoms with Gasteiger partial charge in [-0.25, -0.2) is 9.82 Å². The summed E-state index contributed by atoms with van der Waals surface area (Å²) in [5, 5.41) is 4.14. The van der Waals surface area contributed by atoms with Gasteiger partial charge in [-0.3, -0.25) is 4.79 Å². The molecule has 0 unspecified atom stereocenters. The molecule has 0 aliphatic carbocycles. The highest BCUT2D eigenvalue weighted by atomic mass is 19.1. The maximum absolute atomic E-state index is 12.8. The minimum Gasteiger partial charge on any atom is -0.484 e. The van der Waals surface area contributed by atoms with Crippen molar-refractivity contribution in [2.24, 2.45) is 5.10 Å². The standard InChI is InChI=1S/C22H26FN3O2/c1-17(24-25-22(27)16-28-21-12-8-19(23)9-13-21)18-6-10-20(11-7-18)26-14-4-2-3-5-15-26/h6-13H,2-5,14-16H2,1H3,(H,25,27)/b24-17-. The average Bonchev–Trinajstić information content (AvgIpc) is 3.01. The molecule has 6 heteroatoms. The van der Waals surface area contributed by atoms with Crippen molar-refractivity contribution in [1.29, 1.82) is 0 Å². The van der Waals surface area contributed by atoms with Gasteiger partial charge in [-0.05, 0) is 61.7 Å². The summed E-state index contributed by atoms with van der Waals surface area (Å²) in [6.45, 7) is 3.88. The number of nitrogens with zero attached hydrogens (tertiary/aromatic N) is 2. The fourth-order valence-corrected chi connectivity index (χ4v) is 3.17. The number of rotatable bonds is 6. The molecule has 0 bridgehead atoms. The molecule has 1 heterocycles. The summed E-state index contributed by atoms with van der Waals surface area (Å²) in [5.41, 5.74) is 5.40. The van der Waals surface area contributed by atoms with Crippen LogP contribution in [0.4, 0.5) is 10.1 Å². The number of halogens is 1. The number of hydrogen-bond acceptors (Lipinski definition) is 4. The molecule has 1 aliphatic rings. The summed E-state index contributed by atoms with van der Waals surface area (Å²) in [5.74, 6) is -0.287. The quantitative estimate of drug-likeness (QED) is 0.603. The minimum absolute atomic E-state index is 0.184. The van der Waals surface area contributed by atoms with Crippen LogP contribution in [0.1, 0.15) is 38.2 Å². The molecule has 2 aromatic carbocycles. The Morgan fingerprint density at radius 3 is 2.32 bits per heavy atom. The lowest BCUT2D eigenvalue weighted by Gasteiger charge is -2.22. The number of benzene rings is 2. The molecule has 1 N–H and O–H groups in total. The first kappa shape index (κ1) is 19.9. The van der Waals surface area contributed by atoms with E-state index in [1.807, 2.05) is 19.1 Å². The van der Waals surface area contributed by atoms with E-state index < -0.39 is 0 Å². The molecule has 0 aromatic heterocycles. The van der Waals surface area contributed by atoms with Gasteiger partial charge in [-0.2, -0.15) is 5.10 Å². The van der Waals surface area contributed by atoms with Gasteiger partial charge in [0.05, 0.1) is 5.71 Å². The van der Waals surface area contributed by atoms with Crippen molar-refractivity contribution < 1.29 is 13.9 Å². The molecule has 28 heavy (non-hydrogen) atoms. The van der Waals surface area contributed by atoms with Crippen LogP contribution in [0.3, 0.4) is 0 Å². The van der Waals surface area contributed by atoms with Crippen LogP contribution in [-0.4, -0.2) is 31.3 Å². The molecule has 1 amide bonds. The summed E-state index contributed by atoms with van der Waals surface area (Å²) >= 11 is 0. The Morgan fingerprint density at radius 2 is 1.68 bits per heavy atom. The molecule has 2 aromatic rings. The van der Waals surface area contributed by atoms with E-state index in [1.54, 1.807) is 0 Å². The van der Waals surface area contributed by atoms with Crippen molar-refractivity contribution in [3.05, 3.63) is 59.9 Å². The Morgan fingerprint density at radius 1 is 1.04 bits per heavy atom. The Labute approximate surface area is 165 Å². The molecule has 1 saturated heterocycles. The Kier molecular flexibility index (Phi) is 7.00. The average molecular weight is 383 g/mol. The zero-order valence-corrected chi connectivity index (χ0v) is 16.2. The predicted molar refractivity (Wildman–Crippen MR) is 109 cm³/mol. The summed E-state index contributed by atoms with van der Waals surface area (Å²) in [6.07, 6.45) is 5.11. The van der Waals surface area contributed by atoms with E-state index in [2.05, 4.69) is 27.6 Å². The monoisotopic (exact) mass is 383 g/mol. The van der Waals surface area contributed by atoms with Crippen LogP contribution >= 0.6 is 0 Å². The summed E-state index contributed by atoms with van der Waals surface area (Å²) in [7, 11) is 0. The highest BCUT2D eigenvalue weighted by molar-refractivity contribution is 5.99. The molecular weight excluding hydrogens is 357 g/mol. The lowest BCUT2D eigenvalue weighted by Crippen LogP contribution is -2.25. The largest absolute Gasteiger partial charge is 0.484 e. The molecule has 3 rings (SSSR count). The Hall–Kier alpha value is -2.89. The Bertz CT molecular complexity index is 796. The number of hydrogen-bond donors (Lipinski definition) is 1. The van der Waals surface area contributed by atoms with Gasteiger partial charge in [0.1, 0.15) is 11.6 Å². The van der Waals surface area contributed by atoms with Gasteiger partial charge in [-0.15, -0.1) is 0 Å². The maximum Gasteiger partial charge on any atom is 0.277 e. The zero-order valence-electron chi connectivity index (χ0n) is 16.2. The van der Waals surface area contributed by atoms with Crippen LogP contribution in [0.5, 0.6) is 5.75 Å². The summed E-state index contributed by atoms with van der Waals surface area (Å²) in [4.78, 5) is 14.3. The van der Waals surface area contributed by atoms with Crippen LogP contribution in [0.2, 0.25) is 0 Å². The van der Waals surface area contributed by atoms with Crippen LogP contribution in [0, 0.1) is 5.82 Å². The zero-order chi connectivity index (χ0) is 19.8. The van der Waals surface area contributed by atoms with Crippen LogP contribution in [0.15, 0.2) is 53.6 Å². The number of nitrogens with one attached hydrogen (secondary N) is 1. The first-order chi connectivity index (χ1) is 13.6. The third-order valence-corrected chi connectivity index (χ3v) is 4.79. The van der Waals surface area contributed by atoms with E-state index in [9.17, 15) is 9.18 Å². The fourth-order valence-electron chi connectivity index (χ4n) is 3.17. The molecule has 0 atom stereocenters. The van der Waals surface area contributed by atoms with Gasteiger partial charge in [-0.1, -0.05) is 25.0 Å². The van der Waals surface area contributed by atoms with Gasteiger partial charge in [0.25, 0.3) is 5.91 Å². The Balaban J connectivity index is 1.51. The molecule has 0 saturated carbocycles. The molecule has 5 nitrogen and oxygen atoms in total. The van der Waals surface area contributed by atoms with Crippen molar-refractivity contribution in [3.8, 4) is 5.75 Å². The second kappa shape index (κ2) is 9.88. The van der Waals surface area contributed by atoms with Crippen molar-refractivity contribution in [2.75, 3.05) is 24.6 Å². The molecule has 0 radical (unpaired) electrons. The molecule has 1 fully saturated rings. The van der Waals surface area contributed by atoms with Crippen molar-refractivity contribution in [2.45, 2.75) is 32.6 Å². The fraction of sp³-hybridized carbons (Fsp3) is 0.364. The predicted octanol–water partition coefficient (Wildman–Crippen LogP) is 4.13. The number of anilines is 1.